The molecule has 0 unspecified atom stereocenters. The maximum absolute atomic E-state index is 12.2. The Balaban J connectivity index is 1.30. The van der Waals surface area contributed by atoms with Gasteiger partial charge in [0.1, 0.15) is 16.2 Å². The second kappa shape index (κ2) is 9.66. The molecule has 1 N–H and O–H groups in total. The van der Waals surface area contributed by atoms with E-state index in [1.54, 1.807) is 0 Å². The highest BCUT2D eigenvalue weighted by Crippen LogP contribution is 2.32. The smallest absolute Gasteiger partial charge is 0.285 e. The van der Waals surface area contributed by atoms with Gasteiger partial charge in [-0.2, -0.15) is 8.42 Å². The van der Waals surface area contributed by atoms with Crippen molar-refractivity contribution in [2.45, 2.75) is 37.1 Å². The normalized spacial score (nSPS) is 17.4. The van der Waals surface area contributed by atoms with Crippen LogP contribution in [0.25, 0.3) is 0 Å². The quantitative estimate of drug-likeness (QED) is 0.367. The highest BCUT2D eigenvalue weighted by atomic mass is 32.2. The summed E-state index contributed by atoms with van der Waals surface area (Å²) in [4.78, 5) is 13.0. The number of ether oxygens (including phenoxy) is 1. The van der Waals surface area contributed by atoms with E-state index in [1.165, 1.54) is 43.0 Å². The molecular formula is C22H26N4O5S. The lowest BCUT2D eigenvalue weighted by Gasteiger charge is -2.26. The van der Waals surface area contributed by atoms with Gasteiger partial charge in [-0.3, -0.25) is 15.0 Å². The van der Waals surface area contributed by atoms with Crippen molar-refractivity contribution in [2.75, 3.05) is 26.2 Å². The molecule has 0 atom stereocenters. The topological polar surface area (TPSA) is 114 Å². The molecule has 9 nitrogen and oxygen atoms in total. The Bertz CT molecular complexity index is 1130. The molecule has 0 amide bonds. The van der Waals surface area contributed by atoms with Crippen LogP contribution in [-0.4, -0.2) is 50.3 Å². The molecule has 1 fully saturated rings. The number of benzene rings is 2. The van der Waals surface area contributed by atoms with Gasteiger partial charge < -0.3 is 10.1 Å². The molecule has 2 aliphatic rings. The molecule has 1 saturated heterocycles. The average Bonchev–Trinajstić information content (AvgIpc) is 3.04. The van der Waals surface area contributed by atoms with Gasteiger partial charge in [0.2, 0.25) is 0 Å². The second-order valence-corrected chi connectivity index (χ2v) is 9.51. The molecule has 2 aromatic carbocycles. The van der Waals surface area contributed by atoms with Crippen LogP contribution in [0.2, 0.25) is 0 Å². The minimum Gasteiger partial charge on any atom is -0.494 e. The summed E-state index contributed by atoms with van der Waals surface area (Å²) in [5.74, 6) is 0.803. The van der Waals surface area contributed by atoms with Gasteiger partial charge in [0.05, 0.1) is 11.5 Å². The van der Waals surface area contributed by atoms with Crippen molar-refractivity contribution in [3.63, 3.8) is 0 Å². The third-order valence-electron chi connectivity index (χ3n) is 5.56. The van der Waals surface area contributed by atoms with Gasteiger partial charge in [0.15, 0.2) is 5.84 Å². The summed E-state index contributed by atoms with van der Waals surface area (Å²) in [6.45, 7) is 3.98. The number of nitro groups is 1. The number of hydrogen-bond acceptors (Lipinski definition) is 7. The predicted molar refractivity (Wildman–Crippen MR) is 121 cm³/mol. The van der Waals surface area contributed by atoms with Crippen molar-refractivity contribution >= 4 is 21.5 Å². The number of nitrogens with zero attached hydrogens (tertiary/aromatic N) is 3. The van der Waals surface area contributed by atoms with Crippen LogP contribution in [-0.2, 0) is 16.6 Å². The number of hydrogen-bond donors (Lipinski definition) is 1. The number of nitrogens with one attached hydrogen (secondary N) is 1. The summed E-state index contributed by atoms with van der Waals surface area (Å²) < 4.78 is 33.9. The lowest BCUT2D eigenvalue weighted by molar-refractivity contribution is -0.385. The van der Waals surface area contributed by atoms with Crippen LogP contribution in [0.15, 0.2) is 51.8 Å². The molecule has 2 heterocycles. The van der Waals surface area contributed by atoms with Gasteiger partial charge in [-0.05, 0) is 56.1 Å². The Hall–Kier alpha value is -2.98. The predicted octanol–water partition coefficient (Wildman–Crippen LogP) is 3.09. The van der Waals surface area contributed by atoms with Gasteiger partial charge >= 0.3 is 0 Å². The molecule has 10 heteroatoms. The summed E-state index contributed by atoms with van der Waals surface area (Å²) in [5, 5.41) is 14.2. The zero-order chi connectivity index (χ0) is 22.6. The fourth-order valence-electron chi connectivity index (χ4n) is 4.04. The molecule has 2 aromatic rings. The fraction of sp³-hybridized carbons (Fsp3) is 0.409. The zero-order valence-electron chi connectivity index (χ0n) is 17.7. The lowest BCUT2D eigenvalue weighted by Crippen LogP contribution is -2.29. The van der Waals surface area contributed by atoms with Crippen LogP contribution >= 0.6 is 0 Å². The summed E-state index contributed by atoms with van der Waals surface area (Å²) in [6, 6.07) is 12.0. The van der Waals surface area contributed by atoms with Crippen LogP contribution in [0.4, 0.5) is 5.69 Å². The molecule has 4 rings (SSSR count). The van der Waals surface area contributed by atoms with Gasteiger partial charge in [0.25, 0.3) is 15.7 Å². The number of sulfonamides is 1. The average molecular weight is 459 g/mol. The summed E-state index contributed by atoms with van der Waals surface area (Å²) in [5.41, 5.74) is 0.956. The standard InChI is InChI=1S/C22H26N4O5S/c27-26(28)19-9-5-10-20-21(19)22(24-32(20,29)30)23-11-6-14-31-18-8-4-7-17(15-18)16-25-12-2-1-3-13-25/h4-5,7-10,15H,1-3,6,11-14,16H2,(H,23,24). The van der Waals surface area contributed by atoms with Crippen molar-refractivity contribution in [2.24, 2.45) is 4.40 Å². The minimum absolute atomic E-state index is 0.0100. The summed E-state index contributed by atoms with van der Waals surface area (Å²) in [7, 11) is -3.93. The Morgan fingerprint density at radius 2 is 1.91 bits per heavy atom. The van der Waals surface area contributed by atoms with E-state index < -0.39 is 14.9 Å². The number of nitro benzene ring substituents is 1. The van der Waals surface area contributed by atoms with Crippen LogP contribution in [0.5, 0.6) is 5.75 Å². The number of likely N-dealkylation sites (tertiary alicyclic amines) is 1. The van der Waals surface area contributed by atoms with Crippen molar-refractivity contribution in [3.8, 4) is 5.75 Å². The molecule has 32 heavy (non-hydrogen) atoms. The number of amidine groups is 1. The maximum Gasteiger partial charge on any atom is 0.285 e. The Kier molecular flexibility index (Phi) is 6.71. The third-order valence-corrected chi connectivity index (χ3v) is 6.88. The molecule has 0 saturated carbocycles. The van der Waals surface area contributed by atoms with E-state index in [-0.39, 0.29) is 22.0 Å². The van der Waals surface area contributed by atoms with Crippen molar-refractivity contribution in [3.05, 3.63) is 63.7 Å². The van der Waals surface area contributed by atoms with Crippen LogP contribution in [0.1, 0.15) is 36.8 Å². The van der Waals surface area contributed by atoms with Gasteiger partial charge in [-0.1, -0.05) is 24.6 Å². The Morgan fingerprint density at radius 3 is 2.69 bits per heavy atom. The number of piperidine rings is 1. The molecule has 170 valence electrons. The first kappa shape index (κ1) is 22.2. The van der Waals surface area contributed by atoms with Gasteiger partial charge in [0, 0.05) is 19.2 Å². The minimum atomic E-state index is -3.93. The monoisotopic (exact) mass is 458 g/mol. The molecule has 0 bridgehead atoms. The molecule has 0 aromatic heterocycles. The first-order valence-electron chi connectivity index (χ1n) is 10.7. The zero-order valence-corrected chi connectivity index (χ0v) is 18.5. The molecule has 0 spiro atoms. The number of fused-ring (bicyclic) bond motifs is 1. The van der Waals surface area contributed by atoms with E-state index in [4.69, 9.17) is 4.74 Å². The summed E-state index contributed by atoms with van der Waals surface area (Å²) >= 11 is 0. The van der Waals surface area contributed by atoms with Crippen LogP contribution < -0.4 is 10.1 Å². The van der Waals surface area contributed by atoms with Gasteiger partial charge in [-0.15, -0.1) is 4.40 Å². The van der Waals surface area contributed by atoms with E-state index in [9.17, 15) is 18.5 Å². The van der Waals surface area contributed by atoms with E-state index in [2.05, 4.69) is 26.7 Å². The number of rotatable bonds is 8. The Labute approximate surface area is 187 Å². The highest BCUT2D eigenvalue weighted by molar-refractivity contribution is 7.90. The van der Waals surface area contributed by atoms with Crippen molar-refractivity contribution < 1.29 is 18.1 Å². The second-order valence-electron chi connectivity index (χ2n) is 7.94. The fourth-order valence-corrected chi connectivity index (χ4v) is 5.24. The highest BCUT2D eigenvalue weighted by Gasteiger charge is 2.35. The van der Waals surface area contributed by atoms with Gasteiger partial charge in [-0.25, -0.2) is 0 Å². The SMILES string of the molecule is O=[N+]([O-])c1cccc2c1C(NCCCOc1cccc(CN3CCCCC3)c1)=NS2(=O)=O. The molecule has 0 aliphatic carbocycles. The van der Waals surface area contributed by atoms with E-state index in [0.29, 0.717) is 19.6 Å². The molecular weight excluding hydrogens is 432 g/mol. The largest absolute Gasteiger partial charge is 0.494 e. The third kappa shape index (κ3) is 5.08. The Morgan fingerprint density at radius 1 is 1.12 bits per heavy atom. The van der Waals surface area contributed by atoms with Crippen molar-refractivity contribution in [1.82, 2.24) is 10.2 Å². The van der Waals surface area contributed by atoms with E-state index >= 15 is 0 Å². The molecule has 0 radical (unpaired) electrons. The summed E-state index contributed by atoms with van der Waals surface area (Å²) in [6.07, 6.45) is 4.39. The lowest BCUT2D eigenvalue weighted by atomic mass is 10.1. The maximum atomic E-state index is 12.2. The van der Waals surface area contributed by atoms with Crippen molar-refractivity contribution in [1.29, 1.82) is 0 Å². The first-order chi connectivity index (χ1) is 15.4. The van der Waals surface area contributed by atoms with E-state index in [1.807, 2.05) is 12.1 Å². The first-order valence-corrected chi connectivity index (χ1v) is 12.2. The van der Waals surface area contributed by atoms with Crippen LogP contribution in [0.3, 0.4) is 0 Å². The van der Waals surface area contributed by atoms with Crippen LogP contribution in [0, 0.1) is 10.1 Å². The van der Waals surface area contributed by atoms with E-state index in [0.717, 1.165) is 25.4 Å². The molecule has 2 aliphatic heterocycles.